The first-order valence-electron chi connectivity index (χ1n) is 6.72. The predicted octanol–water partition coefficient (Wildman–Crippen LogP) is 1.42. The summed E-state index contributed by atoms with van der Waals surface area (Å²) in [6.07, 6.45) is 0. The van der Waals surface area contributed by atoms with Crippen LogP contribution in [-0.2, 0) is 10.0 Å². The van der Waals surface area contributed by atoms with Gasteiger partial charge in [-0.25, -0.2) is 27.2 Å². The van der Waals surface area contributed by atoms with Crippen molar-refractivity contribution in [2.75, 3.05) is 13.2 Å². The van der Waals surface area contributed by atoms with Gasteiger partial charge < -0.3 is 10.5 Å². The molecule has 0 aliphatic carbocycles. The Morgan fingerprint density at radius 2 is 2.15 bits per heavy atom. The van der Waals surface area contributed by atoms with Crippen molar-refractivity contribution in [3.63, 3.8) is 0 Å². The number of amidine groups is 1. The van der Waals surface area contributed by atoms with E-state index in [1.165, 1.54) is 12.1 Å². The van der Waals surface area contributed by atoms with E-state index in [9.17, 15) is 21.6 Å². The summed E-state index contributed by atoms with van der Waals surface area (Å²) in [6.45, 7) is -0.813. The van der Waals surface area contributed by atoms with Crippen molar-refractivity contribution < 1.29 is 31.0 Å². The lowest BCUT2D eigenvalue weighted by Crippen LogP contribution is -2.32. The summed E-state index contributed by atoms with van der Waals surface area (Å²) >= 11 is 5.63. The van der Waals surface area contributed by atoms with Crippen molar-refractivity contribution in [2.45, 2.75) is 5.76 Å². The Balaban J connectivity index is 2.03. The molecule has 0 unspecified atom stereocenters. The first-order valence-corrected chi connectivity index (χ1v) is 8.64. The highest BCUT2D eigenvalue weighted by Crippen LogP contribution is 2.22. The Bertz CT molecular complexity index is 906. The van der Waals surface area contributed by atoms with Gasteiger partial charge in [-0.2, -0.15) is 8.78 Å². The molecule has 0 saturated heterocycles. The molecular formula is C12H11ClF3N5O4S. The van der Waals surface area contributed by atoms with Crippen LogP contribution in [0.25, 0.3) is 0 Å². The van der Waals surface area contributed by atoms with E-state index in [-0.39, 0.29) is 34.7 Å². The van der Waals surface area contributed by atoms with Gasteiger partial charge in [-0.15, -0.1) is 0 Å². The number of sulfonamides is 1. The van der Waals surface area contributed by atoms with Crippen molar-refractivity contribution in [1.82, 2.24) is 15.0 Å². The second-order valence-corrected chi connectivity index (χ2v) is 6.70. The van der Waals surface area contributed by atoms with Crippen LogP contribution in [0.1, 0.15) is 5.69 Å². The molecule has 14 heteroatoms. The maximum Gasteiger partial charge on any atom is 0.350 e. The van der Waals surface area contributed by atoms with Gasteiger partial charge in [-0.3, -0.25) is 0 Å². The van der Waals surface area contributed by atoms with Gasteiger partial charge in [-0.1, -0.05) is 11.6 Å². The molecule has 1 heterocycles. The maximum absolute atomic E-state index is 13.1. The summed E-state index contributed by atoms with van der Waals surface area (Å²) in [5.41, 5.74) is 5.83. The Kier molecular flexibility index (Phi) is 6.39. The lowest BCUT2D eigenvalue weighted by Gasteiger charge is -2.06. The van der Waals surface area contributed by atoms with Crippen molar-refractivity contribution in [3.8, 4) is 5.88 Å². The molecule has 0 aliphatic rings. The molecule has 1 aromatic heterocycles. The number of aromatic nitrogens is 2. The first-order chi connectivity index (χ1) is 12.2. The van der Waals surface area contributed by atoms with Gasteiger partial charge in [0.15, 0.2) is 5.84 Å². The highest BCUT2D eigenvalue weighted by atomic mass is 35.5. The zero-order valence-corrected chi connectivity index (χ0v) is 14.3. The quantitative estimate of drug-likeness (QED) is 0.380. The molecule has 0 amide bonds. The van der Waals surface area contributed by atoms with Gasteiger partial charge in [-0.05, 0) is 28.5 Å². The van der Waals surface area contributed by atoms with E-state index in [2.05, 4.69) is 19.9 Å². The van der Waals surface area contributed by atoms with Crippen molar-refractivity contribution >= 4 is 33.1 Å². The predicted molar refractivity (Wildman–Crippen MR) is 84.5 cm³/mol. The van der Waals surface area contributed by atoms with Crippen molar-refractivity contribution in [2.24, 2.45) is 10.7 Å². The molecular weight excluding hydrogens is 403 g/mol. The number of nitrogens with one attached hydrogen (secondary N) is 1. The number of benzene rings is 1. The summed E-state index contributed by atoms with van der Waals surface area (Å²) in [6, 6.07) is 3.61. The fourth-order valence-corrected chi connectivity index (χ4v) is 2.24. The fraction of sp³-hybridized carbons (Fsp3) is 0.250. The second kappa shape index (κ2) is 8.33. The molecule has 0 saturated carbocycles. The summed E-state index contributed by atoms with van der Waals surface area (Å²) in [4.78, 5) is 3.94. The second-order valence-electron chi connectivity index (χ2n) is 4.56. The largest absolute Gasteiger partial charge is 0.472 e. The third-order valence-corrected chi connectivity index (χ3v) is 4.10. The molecule has 0 aliphatic heterocycles. The van der Waals surface area contributed by atoms with E-state index < -0.39 is 28.1 Å². The van der Waals surface area contributed by atoms with Crippen LogP contribution in [-0.4, -0.2) is 43.5 Å². The van der Waals surface area contributed by atoms with Gasteiger partial charge in [0.1, 0.15) is 12.4 Å². The highest BCUT2D eigenvalue weighted by molar-refractivity contribution is 7.89. The SMILES string of the molecule is NC(=Nc1ccc(F)c(Cl)c1)c1nonc1OCCNS(=O)(=O)C(F)F. The Labute approximate surface area is 150 Å². The van der Waals surface area contributed by atoms with E-state index in [1.54, 1.807) is 4.72 Å². The van der Waals surface area contributed by atoms with E-state index in [0.717, 1.165) is 6.07 Å². The Morgan fingerprint density at radius 1 is 1.42 bits per heavy atom. The lowest BCUT2D eigenvalue weighted by molar-refractivity contribution is 0.230. The van der Waals surface area contributed by atoms with Gasteiger partial charge in [0, 0.05) is 6.54 Å². The van der Waals surface area contributed by atoms with E-state index in [4.69, 9.17) is 22.1 Å². The van der Waals surface area contributed by atoms with Gasteiger partial charge in [0.05, 0.1) is 10.7 Å². The summed E-state index contributed by atoms with van der Waals surface area (Å²) in [5.74, 6) is -4.65. The van der Waals surface area contributed by atoms with Crippen LogP contribution in [0.3, 0.4) is 0 Å². The third-order valence-electron chi connectivity index (χ3n) is 2.73. The number of halogens is 4. The fourth-order valence-electron chi connectivity index (χ4n) is 1.57. The number of ether oxygens (including phenoxy) is 1. The number of hydrogen-bond donors (Lipinski definition) is 2. The van der Waals surface area contributed by atoms with E-state index in [0.29, 0.717) is 0 Å². The molecule has 3 N–H and O–H groups in total. The molecule has 9 nitrogen and oxygen atoms in total. The minimum Gasteiger partial charge on any atom is -0.472 e. The standard InChI is InChI=1S/C12H11ClF3N5O4S/c13-7-5-6(1-2-8(7)14)19-10(17)9-11(21-25-20-9)24-4-3-18-26(22,23)12(15)16/h1-2,5,12,18H,3-4H2,(H2,17,19). The zero-order valence-electron chi connectivity index (χ0n) is 12.7. The zero-order chi connectivity index (χ0) is 19.3. The van der Waals surface area contributed by atoms with E-state index in [1.807, 2.05) is 0 Å². The number of alkyl halides is 2. The van der Waals surface area contributed by atoms with Crippen molar-refractivity contribution in [1.29, 1.82) is 0 Å². The number of aliphatic imine (C=N–C) groups is 1. The third kappa shape index (κ3) is 5.06. The van der Waals surface area contributed by atoms with Gasteiger partial charge >= 0.3 is 5.76 Å². The first kappa shape index (κ1) is 19.9. The summed E-state index contributed by atoms with van der Waals surface area (Å²) in [5, 5.41) is 6.71. The smallest absolute Gasteiger partial charge is 0.350 e. The van der Waals surface area contributed by atoms with E-state index >= 15 is 0 Å². The molecule has 0 bridgehead atoms. The molecule has 0 radical (unpaired) electrons. The van der Waals surface area contributed by atoms with Crippen LogP contribution >= 0.6 is 11.6 Å². The maximum atomic E-state index is 13.1. The normalized spacial score (nSPS) is 12.6. The molecule has 2 rings (SSSR count). The molecule has 0 atom stereocenters. The highest BCUT2D eigenvalue weighted by Gasteiger charge is 2.23. The molecule has 0 fully saturated rings. The number of nitrogens with zero attached hydrogens (tertiary/aromatic N) is 3. The number of rotatable bonds is 8. The Hall–Kier alpha value is -2.38. The molecule has 0 spiro atoms. The van der Waals surface area contributed by atoms with Crippen LogP contribution < -0.4 is 15.2 Å². The van der Waals surface area contributed by atoms with Crippen LogP contribution in [0.5, 0.6) is 5.88 Å². The number of nitrogens with two attached hydrogens (primary N) is 1. The topological polar surface area (TPSA) is 133 Å². The van der Waals surface area contributed by atoms with Crippen molar-refractivity contribution in [3.05, 3.63) is 34.7 Å². The minimum atomic E-state index is -4.73. The average Bonchev–Trinajstić information content (AvgIpc) is 3.03. The van der Waals surface area contributed by atoms with Crippen LogP contribution in [0.15, 0.2) is 27.8 Å². The minimum absolute atomic E-state index is 0.123. The summed E-state index contributed by atoms with van der Waals surface area (Å²) < 4.78 is 70.3. The van der Waals surface area contributed by atoms with Crippen LogP contribution in [0.4, 0.5) is 18.9 Å². The Morgan fingerprint density at radius 3 is 2.81 bits per heavy atom. The van der Waals surface area contributed by atoms with Crippen LogP contribution in [0, 0.1) is 5.82 Å². The van der Waals surface area contributed by atoms with Gasteiger partial charge in [0.25, 0.3) is 15.9 Å². The van der Waals surface area contributed by atoms with Gasteiger partial charge in [0.2, 0.25) is 5.69 Å². The molecule has 142 valence electrons. The molecule has 1 aromatic carbocycles. The summed E-state index contributed by atoms with van der Waals surface area (Å²) in [7, 11) is -4.73. The molecule has 26 heavy (non-hydrogen) atoms. The monoisotopic (exact) mass is 413 g/mol. The average molecular weight is 414 g/mol. The lowest BCUT2D eigenvalue weighted by atomic mass is 10.3. The molecule has 2 aromatic rings. The van der Waals surface area contributed by atoms with Crippen LogP contribution in [0.2, 0.25) is 5.02 Å². The number of hydrogen-bond acceptors (Lipinski definition) is 7.